The van der Waals surface area contributed by atoms with Gasteiger partial charge in [-0.1, -0.05) is 24.3 Å². The largest absolute Gasteiger partial charge is 0.297 e. The highest BCUT2D eigenvalue weighted by molar-refractivity contribution is 5.88. The van der Waals surface area contributed by atoms with Crippen LogP contribution in [0.2, 0.25) is 0 Å². The molecule has 0 saturated heterocycles. The van der Waals surface area contributed by atoms with Gasteiger partial charge in [-0.2, -0.15) is 0 Å². The van der Waals surface area contributed by atoms with Gasteiger partial charge in [0.1, 0.15) is 0 Å². The van der Waals surface area contributed by atoms with Crippen LogP contribution in [0, 0.1) is 0 Å². The third kappa shape index (κ3) is 1.27. The SMILES string of the molecule is CN=C1CCc2ccccc2C1. The molecule has 0 atom stereocenters. The van der Waals surface area contributed by atoms with E-state index in [4.69, 9.17) is 0 Å². The lowest BCUT2D eigenvalue weighted by atomic mass is 9.90. The molecule has 0 N–H and O–H groups in total. The number of aryl methyl sites for hydroxylation is 1. The molecular formula is C11H13N. The first-order valence-corrected chi connectivity index (χ1v) is 4.41. The molecule has 1 heteroatoms. The summed E-state index contributed by atoms with van der Waals surface area (Å²) >= 11 is 0. The summed E-state index contributed by atoms with van der Waals surface area (Å²) in [7, 11) is 1.89. The first-order chi connectivity index (χ1) is 5.90. The third-order valence-electron chi connectivity index (χ3n) is 2.51. The summed E-state index contributed by atoms with van der Waals surface area (Å²) in [6.07, 6.45) is 3.38. The molecule has 1 aliphatic rings. The zero-order chi connectivity index (χ0) is 8.39. The Morgan fingerprint density at radius 3 is 2.58 bits per heavy atom. The van der Waals surface area contributed by atoms with Gasteiger partial charge in [-0.15, -0.1) is 0 Å². The van der Waals surface area contributed by atoms with Gasteiger partial charge in [0.15, 0.2) is 0 Å². The predicted molar refractivity (Wildman–Crippen MR) is 51.8 cm³/mol. The standard InChI is InChI=1S/C11H13N/c1-12-11-7-6-9-4-2-3-5-10(9)8-11/h2-5H,6-8H2,1H3. The number of hydrogen-bond donors (Lipinski definition) is 0. The highest BCUT2D eigenvalue weighted by atomic mass is 14.7. The molecule has 0 heterocycles. The topological polar surface area (TPSA) is 12.4 Å². The van der Waals surface area contributed by atoms with Crippen LogP contribution in [-0.2, 0) is 12.8 Å². The Balaban J connectivity index is 2.35. The van der Waals surface area contributed by atoms with E-state index in [1.165, 1.54) is 23.3 Å². The van der Waals surface area contributed by atoms with Gasteiger partial charge in [-0.3, -0.25) is 4.99 Å². The fourth-order valence-corrected chi connectivity index (χ4v) is 1.75. The van der Waals surface area contributed by atoms with Gasteiger partial charge >= 0.3 is 0 Å². The second-order valence-corrected chi connectivity index (χ2v) is 3.24. The van der Waals surface area contributed by atoms with E-state index in [-0.39, 0.29) is 0 Å². The number of fused-ring (bicyclic) bond motifs is 1. The van der Waals surface area contributed by atoms with Crippen molar-refractivity contribution in [3.8, 4) is 0 Å². The lowest BCUT2D eigenvalue weighted by molar-refractivity contribution is 0.943. The maximum Gasteiger partial charge on any atom is 0.0276 e. The van der Waals surface area contributed by atoms with Gasteiger partial charge in [0.2, 0.25) is 0 Å². The van der Waals surface area contributed by atoms with E-state index in [2.05, 4.69) is 29.3 Å². The molecule has 0 aromatic heterocycles. The van der Waals surface area contributed by atoms with Crippen molar-refractivity contribution in [1.29, 1.82) is 0 Å². The fourth-order valence-electron chi connectivity index (χ4n) is 1.75. The molecule has 62 valence electrons. The number of hydrogen-bond acceptors (Lipinski definition) is 1. The highest BCUT2D eigenvalue weighted by Gasteiger charge is 2.11. The smallest absolute Gasteiger partial charge is 0.0276 e. The summed E-state index contributed by atoms with van der Waals surface area (Å²) in [4.78, 5) is 4.26. The van der Waals surface area contributed by atoms with Crippen LogP contribution in [0.3, 0.4) is 0 Å². The van der Waals surface area contributed by atoms with Crippen molar-refractivity contribution in [1.82, 2.24) is 0 Å². The van der Waals surface area contributed by atoms with Crippen molar-refractivity contribution in [2.45, 2.75) is 19.3 Å². The lowest BCUT2D eigenvalue weighted by Crippen LogP contribution is -2.13. The number of aliphatic imine (C=N–C) groups is 1. The molecule has 1 aliphatic carbocycles. The molecule has 0 saturated carbocycles. The summed E-state index contributed by atoms with van der Waals surface area (Å²) in [6.45, 7) is 0. The molecule has 0 aliphatic heterocycles. The molecule has 2 rings (SSSR count). The van der Waals surface area contributed by atoms with Gasteiger partial charge < -0.3 is 0 Å². The van der Waals surface area contributed by atoms with Crippen molar-refractivity contribution in [3.63, 3.8) is 0 Å². The first-order valence-electron chi connectivity index (χ1n) is 4.41. The van der Waals surface area contributed by atoms with Crippen molar-refractivity contribution in [2.75, 3.05) is 7.05 Å². The molecule has 0 amide bonds. The minimum Gasteiger partial charge on any atom is -0.297 e. The second-order valence-electron chi connectivity index (χ2n) is 3.24. The predicted octanol–water partition coefficient (Wildman–Crippen LogP) is 2.25. The monoisotopic (exact) mass is 159 g/mol. The Hall–Kier alpha value is -1.11. The van der Waals surface area contributed by atoms with Crippen LogP contribution in [0.15, 0.2) is 29.3 Å². The van der Waals surface area contributed by atoms with Crippen LogP contribution in [0.5, 0.6) is 0 Å². The molecule has 1 aromatic rings. The summed E-state index contributed by atoms with van der Waals surface area (Å²) in [5, 5.41) is 0. The Morgan fingerprint density at radius 2 is 1.83 bits per heavy atom. The summed E-state index contributed by atoms with van der Waals surface area (Å²) in [5.74, 6) is 0. The van der Waals surface area contributed by atoms with E-state index in [0.717, 1.165) is 12.8 Å². The van der Waals surface area contributed by atoms with E-state index in [9.17, 15) is 0 Å². The zero-order valence-corrected chi connectivity index (χ0v) is 7.38. The van der Waals surface area contributed by atoms with Gasteiger partial charge in [0.25, 0.3) is 0 Å². The average Bonchev–Trinajstić information content (AvgIpc) is 2.17. The van der Waals surface area contributed by atoms with Crippen molar-refractivity contribution in [3.05, 3.63) is 35.4 Å². The minimum atomic E-state index is 1.06. The van der Waals surface area contributed by atoms with E-state index < -0.39 is 0 Å². The average molecular weight is 159 g/mol. The van der Waals surface area contributed by atoms with E-state index in [1.807, 2.05) is 7.05 Å². The maximum absolute atomic E-state index is 4.26. The molecule has 0 radical (unpaired) electrons. The van der Waals surface area contributed by atoms with Crippen LogP contribution in [0.25, 0.3) is 0 Å². The number of nitrogens with zero attached hydrogens (tertiary/aromatic N) is 1. The van der Waals surface area contributed by atoms with Crippen LogP contribution in [0.4, 0.5) is 0 Å². The second kappa shape index (κ2) is 3.10. The van der Waals surface area contributed by atoms with E-state index in [1.54, 1.807) is 0 Å². The number of benzene rings is 1. The van der Waals surface area contributed by atoms with Crippen LogP contribution < -0.4 is 0 Å². The Kier molecular flexibility index (Phi) is 1.94. The van der Waals surface area contributed by atoms with Crippen molar-refractivity contribution in [2.24, 2.45) is 4.99 Å². The Bertz CT molecular complexity index is 313. The minimum absolute atomic E-state index is 1.06. The zero-order valence-electron chi connectivity index (χ0n) is 7.38. The van der Waals surface area contributed by atoms with Crippen molar-refractivity contribution < 1.29 is 0 Å². The van der Waals surface area contributed by atoms with Crippen molar-refractivity contribution >= 4 is 5.71 Å². The van der Waals surface area contributed by atoms with Gasteiger partial charge in [-0.05, 0) is 24.0 Å². The van der Waals surface area contributed by atoms with Crippen LogP contribution >= 0.6 is 0 Å². The molecular weight excluding hydrogens is 146 g/mol. The summed E-state index contributed by atoms with van der Waals surface area (Å²) in [6, 6.07) is 8.66. The molecule has 0 fully saturated rings. The van der Waals surface area contributed by atoms with E-state index >= 15 is 0 Å². The maximum atomic E-state index is 4.26. The van der Waals surface area contributed by atoms with E-state index in [0.29, 0.717) is 0 Å². The van der Waals surface area contributed by atoms with Gasteiger partial charge in [0, 0.05) is 19.2 Å². The molecule has 1 aromatic carbocycles. The molecule has 12 heavy (non-hydrogen) atoms. The molecule has 0 unspecified atom stereocenters. The summed E-state index contributed by atoms with van der Waals surface area (Å²) < 4.78 is 0. The van der Waals surface area contributed by atoms with Crippen LogP contribution in [0.1, 0.15) is 17.5 Å². The lowest BCUT2D eigenvalue weighted by Gasteiger charge is -2.16. The molecule has 1 nitrogen and oxygen atoms in total. The normalized spacial score (nSPS) is 19.2. The Morgan fingerprint density at radius 1 is 1.08 bits per heavy atom. The molecule has 0 bridgehead atoms. The summed E-state index contributed by atoms with van der Waals surface area (Å²) in [5.41, 5.74) is 4.31. The van der Waals surface area contributed by atoms with Gasteiger partial charge in [0.05, 0.1) is 0 Å². The molecule has 0 spiro atoms. The third-order valence-corrected chi connectivity index (χ3v) is 2.51. The van der Waals surface area contributed by atoms with Crippen LogP contribution in [-0.4, -0.2) is 12.8 Å². The quantitative estimate of drug-likeness (QED) is 0.550. The van der Waals surface area contributed by atoms with Gasteiger partial charge in [-0.25, -0.2) is 0 Å². The first kappa shape index (κ1) is 7.53. The Labute approximate surface area is 73.1 Å². The highest BCUT2D eigenvalue weighted by Crippen LogP contribution is 2.18. The fraction of sp³-hybridized carbons (Fsp3) is 0.364. The number of rotatable bonds is 0.